The summed E-state index contributed by atoms with van der Waals surface area (Å²) < 4.78 is 5.63. The molecule has 6 heteroatoms. The summed E-state index contributed by atoms with van der Waals surface area (Å²) >= 11 is 0. The van der Waals surface area contributed by atoms with Gasteiger partial charge >= 0.3 is 0 Å². The molecule has 110 valence electrons. The van der Waals surface area contributed by atoms with Gasteiger partial charge in [0.05, 0.1) is 6.54 Å². The van der Waals surface area contributed by atoms with Crippen molar-refractivity contribution in [3.63, 3.8) is 0 Å². The maximum Gasteiger partial charge on any atom is 0.266 e. The van der Waals surface area contributed by atoms with E-state index >= 15 is 0 Å². The van der Waals surface area contributed by atoms with Gasteiger partial charge in [-0.1, -0.05) is 24.3 Å². The largest absolute Gasteiger partial charge is 0.417 e. The summed E-state index contributed by atoms with van der Waals surface area (Å²) in [6.07, 6.45) is 3.66. The van der Waals surface area contributed by atoms with Crippen LogP contribution in [0.4, 0.5) is 0 Å². The SMILES string of the molecule is O=C(NCc1nnc(-c2nccc3ccccc23)o1)C1CC1. The average Bonchev–Trinajstić information content (AvgIpc) is 3.31. The minimum absolute atomic E-state index is 0.0584. The van der Waals surface area contributed by atoms with E-state index in [0.29, 0.717) is 17.5 Å². The fourth-order valence-corrected chi connectivity index (χ4v) is 2.36. The highest BCUT2D eigenvalue weighted by molar-refractivity contribution is 5.92. The lowest BCUT2D eigenvalue weighted by atomic mass is 10.1. The van der Waals surface area contributed by atoms with E-state index in [1.165, 1.54) is 0 Å². The quantitative estimate of drug-likeness (QED) is 0.798. The molecule has 1 amide bonds. The van der Waals surface area contributed by atoms with Crippen molar-refractivity contribution < 1.29 is 9.21 Å². The third-order valence-electron chi connectivity index (χ3n) is 3.71. The van der Waals surface area contributed by atoms with E-state index < -0.39 is 0 Å². The Balaban J connectivity index is 1.58. The van der Waals surface area contributed by atoms with Crippen LogP contribution >= 0.6 is 0 Å². The smallest absolute Gasteiger partial charge is 0.266 e. The van der Waals surface area contributed by atoms with Gasteiger partial charge in [0.1, 0.15) is 5.69 Å². The first-order valence-corrected chi connectivity index (χ1v) is 7.25. The predicted octanol–water partition coefficient (Wildman–Crippen LogP) is 2.31. The average molecular weight is 294 g/mol. The molecule has 0 spiro atoms. The zero-order valence-electron chi connectivity index (χ0n) is 11.8. The summed E-state index contributed by atoms with van der Waals surface area (Å²) in [6, 6.07) is 9.83. The van der Waals surface area contributed by atoms with Crippen molar-refractivity contribution in [2.45, 2.75) is 19.4 Å². The fourth-order valence-electron chi connectivity index (χ4n) is 2.36. The van der Waals surface area contributed by atoms with Gasteiger partial charge in [-0.3, -0.25) is 9.78 Å². The van der Waals surface area contributed by atoms with E-state index in [1.807, 2.05) is 30.3 Å². The maximum absolute atomic E-state index is 11.6. The summed E-state index contributed by atoms with van der Waals surface area (Å²) in [5.41, 5.74) is 0.658. The molecule has 0 aliphatic heterocycles. The Hall–Kier alpha value is -2.76. The molecule has 1 aliphatic rings. The second-order valence-electron chi connectivity index (χ2n) is 5.37. The van der Waals surface area contributed by atoms with Gasteiger partial charge in [-0.2, -0.15) is 0 Å². The number of carbonyl (C=O) groups is 1. The second kappa shape index (κ2) is 5.22. The van der Waals surface area contributed by atoms with Gasteiger partial charge < -0.3 is 9.73 Å². The Kier molecular flexibility index (Phi) is 3.07. The monoisotopic (exact) mass is 294 g/mol. The van der Waals surface area contributed by atoms with Crippen molar-refractivity contribution in [2.75, 3.05) is 0 Å². The molecule has 1 saturated carbocycles. The van der Waals surface area contributed by atoms with Crippen molar-refractivity contribution in [3.8, 4) is 11.6 Å². The molecule has 0 radical (unpaired) electrons. The van der Waals surface area contributed by atoms with Crippen LogP contribution in [0, 0.1) is 5.92 Å². The fraction of sp³-hybridized carbons (Fsp3) is 0.250. The van der Waals surface area contributed by atoms with Crippen molar-refractivity contribution in [1.82, 2.24) is 20.5 Å². The van der Waals surface area contributed by atoms with Crippen LogP contribution in [0.1, 0.15) is 18.7 Å². The van der Waals surface area contributed by atoms with Crippen LogP contribution in [0.3, 0.4) is 0 Å². The van der Waals surface area contributed by atoms with Crippen molar-refractivity contribution in [2.24, 2.45) is 5.92 Å². The summed E-state index contributed by atoms with van der Waals surface area (Å²) in [5, 5.41) is 12.9. The van der Waals surface area contributed by atoms with Gasteiger partial charge in [-0.05, 0) is 24.3 Å². The molecule has 0 unspecified atom stereocenters. The number of aromatic nitrogens is 3. The van der Waals surface area contributed by atoms with E-state index in [9.17, 15) is 4.79 Å². The molecule has 22 heavy (non-hydrogen) atoms. The number of amides is 1. The van der Waals surface area contributed by atoms with Crippen LogP contribution in [0.5, 0.6) is 0 Å². The molecule has 0 atom stereocenters. The van der Waals surface area contributed by atoms with Crippen molar-refractivity contribution in [1.29, 1.82) is 0 Å². The van der Waals surface area contributed by atoms with Gasteiger partial charge in [0, 0.05) is 17.5 Å². The number of hydrogen-bond donors (Lipinski definition) is 1. The number of benzene rings is 1. The molecule has 2 heterocycles. The molecule has 1 aliphatic carbocycles. The summed E-state index contributed by atoms with van der Waals surface area (Å²) in [6.45, 7) is 0.257. The summed E-state index contributed by atoms with van der Waals surface area (Å²) in [4.78, 5) is 16.0. The maximum atomic E-state index is 11.6. The first-order chi connectivity index (χ1) is 10.8. The number of hydrogen-bond acceptors (Lipinski definition) is 5. The minimum atomic E-state index is 0.0584. The number of fused-ring (bicyclic) bond motifs is 1. The molecular weight excluding hydrogens is 280 g/mol. The van der Waals surface area contributed by atoms with Gasteiger partial charge in [0.15, 0.2) is 0 Å². The van der Waals surface area contributed by atoms with Gasteiger partial charge in [-0.25, -0.2) is 0 Å². The Morgan fingerprint density at radius 2 is 2.09 bits per heavy atom. The molecule has 0 bridgehead atoms. The first kappa shape index (κ1) is 12.9. The van der Waals surface area contributed by atoms with Gasteiger partial charge in [0.2, 0.25) is 11.8 Å². The molecule has 2 aromatic heterocycles. The van der Waals surface area contributed by atoms with Crippen LogP contribution < -0.4 is 5.32 Å². The molecule has 1 fully saturated rings. The molecule has 0 saturated heterocycles. The Morgan fingerprint density at radius 3 is 2.95 bits per heavy atom. The highest BCUT2D eigenvalue weighted by atomic mass is 16.4. The highest BCUT2D eigenvalue weighted by Gasteiger charge is 2.29. The van der Waals surface area contributed by atoms with Crippen LogP contribution in [-0.4, -0.2) is 21.1 Å². The zero-order chi connectivity index (χ0) is 14.9. The number of pyridine rings is 1. The van der Waals surface area contributed by atoms with Gasteiger partial charge in [0.25, 0.3) is 5.89 Å². The van der Waals surface area contributed by atoms with E-state index in [4.69, 9.17) is 4.42 Å². The van der Waals surface area contributed by atoms with Crippen LogP contribution in [-0.2, 0) is 11.3 Å². The van der Waals surface area contributed by atoms with Crippen LogP contribution in [0.25, 0.3) is 22.4 Å². The second-order valence-corrected chi connectivity index (χ2v) is 5.37. The molecule has 1 aromatic carbocycles. The van der Waals surface area contributed by atoms with Gasteiger partial charge in [-0.15, -0.1) is 10.2 Å². The lowest BCUT2D eigenvalue weighted by Crippen LogP contribution is -2.24. The number of nitrogens with zero attached hydrogens (tertiary/aromatic N) is 3. The molecule has 3 aromatic rings. The number of carbonyl (C=O) groups excluding carboxylic acids is 1. The topological polar surface area (TPSA) is 80.9 Å². The number of rotatable bonds is 4. The molecule has 1 N–H and O–H groups in total. The summed E-state index contributed by atoms with van der Waals surface area (Å²) in [5.74, 6) is 0.983. The molecule has 6 nitrogen and oxygen atoms in total. The van der Waals surface area contributed by atoms with E-state index in [1.54, 1.807) is 6.20 Å². The van der Waals surface area contributed by atoms with E-state index in [2.05, 4.69) is 20.5 Å². The van der Waals surface area contributed by atoms with E-state index in [-0.39, 0.29) is 18.4 Å². The van der Waals surface area contributed by atoms with Crippen molar-refractivity contribution >= 4 is 16.7 Å². The third-order valence-corrected chi connectivity index (χ3v) is 3.71. The Bertz CT molecular complexity index is 834. The van der Waals surface area contributed by atoms with Crippen LogP contribution in [0.2, 0.25) is 0 Å². The molecule has 4 rings (SSSR count). The first-order valence-electron chi connectivity index (χ1n) is 7.25. The minimum Gasteiger partial charge on any atom is -0.417 e. The lowest BCUT2D eigenvalue weighted by molar-refractivity contribution is -0.122. The normalized spacial score (nSPS) is 14.2. The Labute approximate surface area is 126 Å². The highest BCUT2D eigenvalue weighted by Crippen LogP contribution is 2.29. The Morgan fingerprint density at radius 1 is 1.23 bits per heavy atom. The predicted molar refractivity (Wildman–Crippen MR) is 79.6 cm³/mol. The van der Waals surface area contributed by atoms with Crippen molar-refractivity contribution in [3.05, 3.63) is 42.4 Å². The molecular formula is C16H14N4O2. The van der Waals surface area contributed by atoms with Crippen LogP contribution in [0.15, 0.2) is 40.9 Å². The zero-order valence-corrected chi connectivity index (χ0v) is 11.8. The lowest BCUT2D eigenvalue weighted by Gasteiger charge is -2.01. The van der Waals surface area contributed by atoms with E-state index in [0.717, 1.165) is 23.6 Å². The standard InChI is InChI=1S/C16H14N4O2/c21-15(11-5-6-11)18-9-13-19-20-16(22-13)14-12-4-2-1-3-10(12)7-8-17-14/h1-4,7-8,11H,5-6,9H2,(H,18,21). The third kappa shape index (κ3) is 2.43. The summed E-state index contributed by atoms with van der Waals surface area (Å²) in [7, 11) is 0. The number of nitrogens with one attached hydrogen (secondary N) is 1.